The number of hydrogen-bond acceptors (Lipinski definition) is 3. The third kappa shape index (κ3) is 4.96. The molecule has 19 heavy (non-hydrogen) atoms. The quantitative estimate of drug-likeness (QED) is 0.822. The molecular weight excluding hydrogens is 238 g/mol. The van der Waals surface area contributed by atoms with Crippen LogP contribution in [0.25, 0.3) is 0 Å². The summed E-state index contributed by atoms with van der Waals surface area (Å²) in [6.07, 6.45) is 11.7. The summed E-state index contributed by atoms with van der Waals surface area (Å²) in [7, 11) is 1.97. The van der Waals surface area contributed by atoms with E-state index >= 15 is 0 Å². The van der Waals surface area contributed by atoms with Crippen LogP contribution in [0.4, 0.5) is 0 Å². The van der Waals surface area contributed by atoms with E-state index in [1.54, 1.807) is 0 Å². The fourth-order valence-electron chi connectivity index (χ4n) is 2.84. The van der Waals surface area contributed by atoms with Crippen molar-refractivity contribution in [2.24, 2.45) is 7.05 Å². The van der Waals surface area contributed by atoms with Gasteiger partial charge in [0.15, 0.2) is 0 Å². The van der Waals surface area contributed by atoms with Crippen LogP contribution in [0.5, 0.6) is 0 Å². The fourth-order valence-corrected chi connectivity index (χ4v) is 2.84. The molecule has 1 aliphatic heterocycles. The monoisotopic (exact) mass is 265 g/mol. The number of aromatic nitrogens is 2. The van der Waals surface area contributed by atoms with Crippen molar-refractivity contribution < 1.29 is 4.74 Å². The van der Waals surface area contributed by atoms with E-state index in [9.17, 15) is 0 Å². The van der Waals surface area contributed by atoms with Crippen LogP contribution in [-0.2, 0) is 18.2 Å². The topological polar surface area (TPSA) is 39.1 Å². The molecule has 0 saturated carbocycles. The maximum atomic E-state index is 5.85. The lowest BCUT2D eigenvalue weighted by molar-refractivity contribution is 0.00484. The first-order valence-electron chi connectivity index (χ1n) is 7.60. The maximum Gasteiger partial charge on any atom is 0.0590 e. The van der Waals surface area contributed by atoms with Crippen molar-refractivity contribution in [3.63, 3.8) is 0 Å². The van der Waals surface area contributed by atoms with E-state index in [2.05, 4.69) is 23.5 Å². The van der Waals surface area contributed by atoms with Crippen molar-refractivity contribution in [3.05, 3.63) is 18.0 Å². The van der Waals surface area contributed by atoms with Crippen molar-refractivity contribution in [1.82, 2.24) is 15.1 Å². The summed E-state index contributed by atoms with van der Waals surface area (Å²) in [4.78, 5) is 0. The predicted octanol–water partition coefficient (Wildman–Crippen LogP) is 2.29. The molecule has 0 aromatic carbocycles. The van der Waals surface area contributed by atoms with Crippen molar-refractivity contribution in [1.29, 1.82) is 0 Å². The average molecular weight is 265 g/mol. The molecule has 0 aliphatic carbocycles. The van der Waals surface area contributed by atoms with Crippen LogP contribution in [0.2, 0.25) is 0 Å². The zero-order chi connectivity index (χ0) is 13.5. The Labute approximate surface area is 116 Å². The Morgan fingerprint density at radius 2 is 2.42 bits per heavy atom. The largest absolute Gasteiger partial charge is 0.378 e. The number of nitrogens with one attached hydrogen (secondary N) is 1. The minimum atomic E-state index is 0.465. The van der Waals surface area contributed by atoms with Crippen molar-refractivity contribution in [2.75, 3.05) is 13.2 Å². The van der Waals surface area contributed by atoms with Gasteiger partial charge in [-0.05, 0) is 50.6 Å². The predicted molar refractivity (Wildman–Crippen MR) is 77.2 cm³/mol. The fraction of sp³-hybridized carbons (Fsp3) is 0.800. The molecule has 4 heteroatoms. The third-order valence-electron chi connectivity index (χ3n) is 3.85. The van der Waals surface area contributed by atoms with Crippen LogP contribution in [-0.4, -0.2) is 35.1 Å². The van der Waals surface area contributed by atoms with Gasteiger partial charge in [-0.25, -0.2) is 0 Å². The van der Waals surface area contributed by atoms with Gasteiger partial charge in [-0.15, -0.1) is 0 Å². The van der Waals surface area contributed by atoms with Crippen LogP contribution in [0.3, 0.4) is 0 Å². The first kappa shape index (κ1) is 14.5. The van der Waals surface area contributed by atoms with Crippen LogP contribution in [0.1, 0.15) is 44.6 Å². The van der Waals surface area contributed by atoms with Crippen LogP contribution in [0, 0.1) is 0 Å². The van der Waals surface area contributed by atoms with Gasteiger partial charge in [0, 0.05) is 25.9 Å². The number of aryl methyl sites for hydroxylation is 2. The Bertz CT molecular complexity index is 358. The van der Waals surface area contributed by atoms with E-state index in [0.29, 0.717) is 12.1 Å². The second kappa shape index (κ2) is 7.65. The molecule has 2 atom stereocenters. The van der Waals surface area contributed by atoms with Crippen molar-refractivity contribution in [3.8, 4) is 0 Å². The number of rotatable bonds is 7. The molecule has 108 valence electrons. The molecule has 2 rings (SSSR count). The number of hydrogen-bond donors (Lipinski definition) is 1. The van der Waals surface area contributed by atoms with E-state index < -0.39 is 0 Å². The lowest BCUT2D eigenvalue weighted by atomic mass is 9.97. The zero-order valence-electron chi connectivity index (χ0n) is 12.3. The van der Waals surface area contributed by atoms with E-state index in [4.69, 9.17) is 4.74 Å². The second-order valence-electron chi connectivity index (χ2n) is 5.54. The molecule has 2 heterocycles. The van der Waals surface area contributed by atoms with Gasteiger partial charge in [0.05, 0.1) is 12.3 Å². The summed E-state index contributed by atoms with van der Waals surface area (Å²) in [5, 5.41) is 7.83. The number of ether oxygens (including phenoxy) is 1. The normalized spacial score (nSPS) is 21.5. The highest BCUT2D eigenvalue weighted by molar-refractivity contribution is 5.04. The van der Waals surface area contributed by atoms with Gasteiger partial charge < -0.3 is 10.1 Å². The summed E-state index contributed by atoms with van der Waals surface area (Å²) in [5.74, 6) is 0. The first-order valence-corrected chi connectivity index (χ1v) is 7.60. The van der Waals surface area contributed by atoms with Crippen LogP contribution >= 0.6 is 0 Å². The highest BCUT2D eigenvalue weighted by Gasteiger charge is 2.19. The van der Waals surface area contributed by atoms with E-state index in [-0.39, 0.29) is 0 Å². The highest BCUT2D eigenvalue weighted by atomic mass is 16.5. The Morgan fingerprint density at radius 3 is 3.05 bits per heavy atom. The molecule has 2 unspecified atom stereocenters. The summed E-state index contributed by atoms with van der Waals surface area (Å²) in [6.45, 7) is 4.16. The molecule has 0 amide bonds. The Morgan fingerprint density at radius 1 is 1.53 bits per heavy atom. The Balaban J connectivity index is 1.77. The molecule has 0 bridgehead atoms. The summed E-state index contributed by atoms with van der Waals surface area (Å²) in [5.41, 5.74) is 1.33. The second-order valence-corrected chi connectivity index (χ2v) is 5.54. The molecule has 0 spiro atoms. The molecule has 1 aromatic heterocycles. The highest BCUT2D eigenvalue weighted by Crippen LogP contribution is 2.19. The molecule has 1 aliphatic rings. The van der Waals surface area contributed by atoms with Gasteiger partial charge in [0.1, 0.15) is 0 Å². The number of nitrogens with zero attached hydrogens (tertiary/aromatic N) is 2. The zero-order valence-corrected chi connectivity index (χ0v) is 12.3. The van der Waals surface area contributed by atoms with Crippen molar-refractivity contribution in [2.45, 2.75) is 57.6 Å². The maximum absolute atomic E-state index is 5.85. The minimum Gasteiger partial charge on any atom is -0.378 e. The third-order valence-corrected chi connectivity index (χ3v) is 3.85. The van der Waals surface area contributed by atoms with Gasteiger partial charge in [-0.3, -0.25) is 4.68 Å². The first-order chi connectivity index (χ1) is 9.28. The average Bonchev–Trinajstić information content (AvgIpc) is 2.83. The Hall–Kier alpha value is -0.870. The molecule has 0 radical (unpaired) electrons. The molecule has 1 saturated heterocycles. The van der Waals surface area contributed by atoms with E-state index in [0.717, 1.165) is 26.0 Å². The van der Waals surface area contributed by atoms with Gasteiger partial charge in [0.2, 0.25) is 0 Å². The molecule has 4 nitrogen and oxygen atoms in total. The minimum absolute atomic E-state index is 0.465. The van der Waals surface area contributed by atoms with E-state index in [1.165, 1.54) is 31.2 Å². The van der Waals surface area contributed by atoms with Gasteiger partial charge in [-0.2, -0.15) is 5.10 Å². The van der Waals surface area contributed by atoms with Gasteiger partial charge >= 0.3 is 0 Å². The van der Waals surface area contributed by atoms with Gasteiger partial charge in [-0.1, -0.05) is 6.92 Å². The van der Waals surface area contributed by atoms with Crippen molar-refractivity contribution >= 4 is 0 Å². The molecule has 1 N–H and O–H groups in total. The lowest BCUT2D eigenvalue weighted by Crippen LogP contribution is -2.35. The summed E-state index contributed by atoms with van der Waals surface area (Å²) >= 11 is 0. The summed E-state index contributed by atoms with van der Waals surface area (Å²) in [6, 6.07) is 0.563. The molecular formula is C15H27N3O. The molecule has 1 aromatic rings. The SMILES string of the molecule is CCNC(CCc1cnn(C)c1)CC1CCCCO1. The smallest absolute Gasteiger partial charge is 0.0590 e. The van der Waals surface area contributed by atoms with Crippen LogP contribution in [0.15, 0.2) is 12.4 Å². The van der Waals surface area contributed by atoms with Gasteiger partial charge in [0.25, 0.3) is 0 Å². The van der Waals surface area contributed by atoms with Crippen LogP contribution < -0.4 is 5.32 Å². The lowest BCUT2D eigenvalue weighted by Gasteiger charge is -2.27. The van der Waals surface area contributed by atoms with E-state index in [1.807, 2.05) is 17.9 Å². The summed E-state index contributed by atoms with van der Waals surface area (Å²) < 4.78 is 7.73. The molecule has 1 fully saturated rings. The Kier molecular flexibility index (Phi) is 5.86. The standard InChI is InChI=1S/C15H27N3O/c1-3-16-14(10-15-6-4-5-9-19-15)8-7-13-11-17-18(2)12-13/h11-12,14-16H,3-10H2,1-2H3.